The highest BCUT2D eigenvalue weighted by molar-refractivity contribution is 5.39. The number of halogens is 3. The Morgan fingerprint density at radius 3 is 2.57 bits per heavy atom. The first-order valence-corrected chi connectivity index (χ1v) is 7.35. The SMILES string of the molecule is CC(C)c1ccnc(NC2CCN(CC(F)(F)F)CC2)c1. The van der Waals surface area contributed by atoms with Gasteiger partial charge in [0, 0.05) is 25.3 Å². The van der Waals surface area contributed by atoms with Crippen molar-refractivity contribution < 1.29 is 13.2 Å². The second-order valence-electron chi connectivity index (χ2n) is 5.94. The molecule has 118 valence electrons. The molecule has 1 aromatic heterocycles. The molecule has 1 aliphatic rings. The Bertz CT molecular complexity index is 452. The minimum atomic E-state index is -4.10. The first-order chi connectivity index (χ1) is 9.83. The van der Waals surface area contributed by atoms with Gasteiger partial charge in [0.1, 0.15) is 5.82 Å². The van der Waals surface area contributed by atoms with Gasteiger partial charge in [-0.3, -0.25) is 4.90 Å². The number of likely N-dealkylation sites (tertiary alicyclic amines) is 1. The molecule has 0 spiro atoms. The molecule has 2 heterocycles. The normalized spacial score (nSPS) is 18.2. The summed E-state index contributed by atoms with van der Waals surface area (Å²) in [6, 6.07) is 4.21. The van der Waals surface area contributed by atoms with Gasteiger partial charge in [-0.1, -0.05) is 13.8 Å². The van der Waals surface area contributed by atoms with E-state index in [2.05, 4.69) is 24.1 Å². The molecule has 21 heavy (non-hydrogen) atoms. The van der Waals surface area contributed by atoms with E-state index in [-0.39, 0.29) is 6.04 Å². The van der Waals surface area contributed by atoms with Crippen molar-refractivity contribution >= 4 is 5.82 Å². The highest BCUT2D eigenvalue weighted by atomic mass is 19.4. The Labute approximate surface area is 123 Å². The quantitative estimate of drug-likeness (QED) is 0.920. The van der Waals surface area contributed by atoms with Gasteiger partial charge in [-0.2, -0.15) is 13.2 Å². The van der Waals surface area contributed by atoms with E-state index in [1.807, 2.05) is 12.1 Å². The standard InChI is InChI=1S/C15H22F3N3/c1-11(2)12-3-6-19-14(9-12)20-13-4-7-21(8-5-13)10-15(16,17)18/h3,6,9,11,13H,4-5,7-8,10H2,1-2H3,(H,19,20). The molecule has 3 nitrogen and oxygen atoms in total. The van der Waals surface area contributed by atoms with Crippen molar-refractivity contribution in [2.75, 3.05) is 25.0 Å². The maximum atomic E-state index is 12.3. The van der Waals surface area contributed by atoms with Crippen LogP contribution < -0.4 is 5.32 Å². The first-order valence-electron chi connectivity index (χ1n) is 7.35. The summed E-state index contributed by atoms with van der Waals surface area (Å²) in [6.07, 6.45) is -0.906. The topological polar surface area (TPSA) is 28.2 Å². The summed E-state index contributed by atoms with van der Waals surface area (Å²) in [6.45, 7) is 4.38. The van der Waals surface area contributed by atoms with Crippen molar-refractivity contribution in [3.8, 4) is 0 Å². The molecule has 0 amide bonds. The van der Waals surface area contributed by atoms with Gasteiger partial charge in [0.25, 0.3) is 0 Å². The summed E-state index contributed by atoms with van der Waals surface area (Å²) in [5, 5.41) is 3.34. The van der Waals surface area contributed by atoms with Crippen LogP contribution in [-0.2, 0) is 0 Å². The average molecular weight is 301 g/mol. The van der Waals surface area contributed by atoms with Crippen LogP contribution in [0, 0.1) is 0 Å². The summed E-state index contributed by atoms with van der Waals surface area (Å²) >= 11 is 0. The fourth-order valence-corrected chi connectivity index (χ4v) is 2.58. The van der Waals surface area contributed by atoms with Gasteiger partial charge >= 0.3 is 6.18 Å². The zero-order valence-corrected chi connectivity index (χ0v) is 12.5. The maximum absolute atomic E-state index is 12.3. The number of aromatic nitrogens is 1. The number of hydrogen-bond donors (Lipinski definition) is 1. The van der Waals surface area contributed by atoms with Crippen LogP contribution >= 0.6 is 0 Å². The predicted molar refractivity (Wildman–Crippen MR) is 77.5 cm³/mol. The molecule has 0 aliphatic carbocycles. The molecule has 0 saturated carbocycles. The molecule has 1 aliphatic heterocycles. The van der Waals surface area contributed by atoms with Crippen LogP contribution in [0.4, 0.5) is 19.0 Å². The average Bonchev–Trinajstić information content (AvgIpc) is 2.40. The third-order valence-electron chi connectivity index (χ3n) is 3.79. The maximum Gasteiger partial charge on any atom is 0.401 e. The van der Waals surface area contributed by atoms with E-state index in [0.717, 1.165) is 5.82 Å². The fourth-order valence-electron chi connectivity index (χ4n) is 2.58. The van der Waals surface area contributed by atoms with E-state index in [0.29, 0.717) is 31.8 Å². The molecule has 1 fully saturated rings. The van der Waals surface area contributed by atoms with E-state index < -0.39 is 12.7 Å². The molecular weight excluding hydrogens is 279 g/mol. The van der Waals surface area contributed by atoms with Crippen LogP contribution in [0.15, 0.2) is 18.3 Å². The minimum absolute atomic E-state index is 0.199. The molecule has 0 atom stereocenters. The minimum Gasteiger partial charge on any atom is -0.367 e. The van der Waals surface area contributed by atoms with Crippen molar-refractivity contribution in [1.29, 1.82) is 0 Å². The molecule has 0 aromatic carbocycles. The van der Waals surface area contributed by atoms with Gasteiger partial charge in [0.05, 0.1) is 6.54 Å². The number of hydrogen-bond acceptors (Lipinski definition) is 3. The molecule has 1 aromatic rings. The van der Waals surface area contributed by atoms with Crippen LogP contribution in [0.3, 0.4) is 0 Å². The van der Waals surface area contributed by atoms with Crippen LogP contribution in [0.5, 0.6) is 0 Å². The predicted octanol–water partition coefficient (Wildman–Crippen LogP) is 3.64. The van der Waals surface area contributed by atoms with Crippen LogP contribution in [-0.4, -0.2) is 41.7 Å². The molecule has 2 rings (SSSR count). The van der Waals surface area contributed by atoms with Gasteiger partial charge < -0.3 is 5.32 Å². The van der Waals surface area contributed by atoms with E-state index in [9.17, 15) is 13.2 Å². The van der Waals surface area contributed by atoms with Crippen LogP contribution in [0.25, 0.3) is 0 Å². The van der Waals surface area contributed by atoms with Crippen molar-refractivity contribution in [3.63, 3.8) is 0 Å². The van der Waals surface area contributed by atoms with Crippen molar-refractivity contribution in [2.24, 2.45) is 0 Å². The molecule has 1 saturated heterocycles. The lowest BCUT2D eigenvalue weighted by Gasteiger charge is -2.33. The number of alkyl halides is 3. The summed E-state index contributed by atoms with van der Waals surface area (Å²) in [5.41, 5.74) is 1.21. The molecular formula is C15H22F3N3. The molecule has 0 bridgehead atoms. The van der Waals surface area contributed by atoms with Gasteiger partial charge in [-0.15, -0.1) is 0 Å². The summed E-state index contributed by atoms with van der Waals surface area (Å²) in [5.74, 6) is 1.25. The lowest BCUT2D eigenvalue weighted by Crippen LogP contribution is -2.43. The Kier molecular flexibility index (Phi) is 5.08. The summed E-state index contributed by atoms with van der Waals surface area (Å²) in [7, 11) is 0. The largest absolute Gasteiger partial charge is 0.401 e. The second-order valence-corrected chi connectivity index (χ2v) is 5.94. The van der Waals surface area contributed by atoms with E-state index in [1.165, 1.54) is 10.5 Å². The molecule has 0 radical (unpaired) electrons. The lowest BCUT2D eigenvalue weighted by atomic mass is 10.0. The van der Waals surface area contributed by atoms with Crippen molar-refractivity contribution in [1.82, 2.24) is 9.88 Å². The number of rotatable bonds is 4. The van der Waals surface area contributed by atoms with Crippen molar-refractivity contribution in [3.05, 3.63) is 23.9 Å². The number of nitrogens with zero attached hydrogens (tertiary/aromatic N) is 2. The summed E-state index contributed by atoms with van der Waals surface area (Å²) in [4.78, 5) is 5.76. The third-order valence-corrected chi connectivity index (χ3v) is 3.79. The monoisotopic (exact) mass is 301 g/mol. The van der Waals surface area contributed by atoms with Gasteiger partial charge in [-0.25, -0.2) is 4.98 Å². The van der Waals surface area contributed by atoms with Gasteiger partial charge in [0.15, 0.2) is 0 Å². The number of piperidine rings is 1. The Morgan fingerprint density at radius 1 is 1.33 bits per heavy atom. The first kappa shape index (κ1) is 16.1. The highest BCUT2D eigenvalue weighted by Crippen LogP contribution is 2.22. The highest BCUT2D eigenvalue weighted by Gasteiger charge is 2.32. The number of anilines is 1. The van der Waals surface area contributed by atoms with Crippen LogP contribution in [0.2, 0.25) is 0 Å². The van der Waals surface area contributed by atoms with E-state index in [1.54, 1.807) is 6.20 Å². The molecule has 1 N–H and O–H groups in total. The second kappa shape index (κ2) is 6.64. The molecule has 6 heteroatoms. The Morgan fingerprint density at radius 2 is 2.00 bits per heavy atom. The zero-order chi connectivity index (χ0) is 15.5. The zero-order valence-electron chi connectivity index (χ0n) is 12.5. The number of nitrogens with one attached hydrogen (secondary N) is 1. The Hall–Kier alpha value is -1.30. The van der Waals surface area contributed by atoms with Crippen molar-refractivity contribution in [2.45, 2.75) is 44.8 Å². The van der Waals surface area contributed by atoms with Gasteiger partial charge in [-0.05, 0) is 36.5 Å². The third kappa shape index (κ3) is 5.19. The molecule has 0 unspecified atom stereocenters. The number of pyridine rings is 1. The van der Waals surface area contributed by atoms with Crippen LogP contribution in [0.1, 0.15) is 38.2 Å². The fraction of sp³-hybridized carbons (Fsp3) is 0.667. The van der Waals surface area contributed by atoms with Gasteiger partial charge in [0.2, 0.25) is 0 Å². The Balaban J connectivity index is 1.85. The van der Waals surface area contributed by atoms with E-state index >= 15 is 0 Å². The summed E-state index contributed by atoms with van der Waals surface area (Å²) < 4.78 is 37.0. The smallest absolute Gasteiger partial charge is 0.367 e. The van der Waals surface area contributed by atoms with E-state index in [4.69, 9.17) is 0 Å². The lowest BCUT2D eigenvalue weighted by molar-refractivity contribution is -0.147.